The number of carboxylic acid groups (broad SMARTS) is 2. The van der Waals surface area contributed by atoms with Gasteiger partial charge >= 0.3 is 11.9 Å². The van der Waals surface area contributed by atoms with Crippen LogP contribution in [0, 0.1) is 0 Å². The van der Waals surface area contributed by atoms with E-state index in [1.54, 1.807) is 24.3 Å². The predicted octanol–water partition coefficient (Wildman–Crippen LogP) is 2.97. The fourth-order valence-corrected chi connectivity index (χ4v) is 2.38. The molecule has 0 radical (unpaired) electrons. The highest BCUT2D eigenvalue weighted by Gasteiger charge is 2.19. The van der Waals surface area contributed by atoms with Crippen LogP contribution in [0.2, 0.25) is 0 Å². The lowest BCUT2D eigenvalue weighted by atomic mass is 9.92. The van der Waals surface area contributed by atoms with Crippen molar-refractivity contribution in [1.29, 1.82) is 0 Å². The predicted molar refractivity (Wildman–Crippen MR) is 88.1 cm³/mol. The summed E-state index contributed by atoms with van der Waals surface area (Å²) < 4.78 is 0. The smallest absolute Gasteiger partial charge is 0.335 e. The van der Waals surface area contributed by atoms with Crippen LogP contribution in [0.4, 0.5) is 5.69 Å². The van der Waals surface area contributed by atoms with Crippen LogP contribution in [0.15, 0.2) is 54.6 Å². The zero-order valence-corrected chi connectivity index (χ0v) is 12.8. The molecule has 2 aromatic carbocycles. The van der Waals surface area contributed by atoms with E-state index in [1.165, 1.54) is 24.3 Å². The zero-order chi connectivity index (χ0) is 17.5. The lowest BCUT2D eigenvalue weighted by molar-refractivity contribution is -0.137. The molecular formula is C18H17NO5. The number of nitrogens with one attached hydrogen (secondary N) is 1. The third kappa shape index (κ3) is 4.95. The summed E-state index contributed by atoms with van der Waals surface area (Å²) in [5.74, 6) is -2.77. The maximum absolute atomic E-state index is 12.2. The summed E-state index contributed by atoms with van der Waals surface area (Å²) in [6, 6.07) is 14.8. The second-order valence-corrected chi connectivity index (χ2v) is 5.34. The minimum atomic E-state index is -1.04. The van der Waals surface area contributed by atoms with E-state index in [0.717, 1.165) is 5.56 Å². The van der Waals surface area contributed by atoms with Gasteiger partial charge in [-0.2, -0.15) is 0 Å². The molecule has 2 aromatic rings. The molecule has 24 heavy (non-hydrogen) atoms. The van der Waals surface area contributed by atoms with Gasteiger partial charge in [0.15, 0.2) is 0 Å². The van der Waals surface area contributed by atoms with Crippen LogP contribution in [-0.2, 0) is 9.59 Å². The van der Waals surface area contributed by atoms with Crippen LogP contribution < -0.4 is 5.32 Å². The van der Waals surface area contributed by atoms with Crippen molar-refractivity contribution in [2.75, 3.05) is 5.32 Å². The number of carboxylic acids is 2. The van der Waals surface area contributed by atoms with Crippen molar-refractivity contribution in [1.82, 2.24) is 0 Å². The summed E-state index contributed by atoms with van der Waals surface area (Å²) in [5.41, 5.74) is 1.38. The van der Waals surface area contributed by atoms with E-state index in [-0.39, 0.29) is 24.3 Å². The number of benzene rings is 2. The number of amides is 1. The van der Waals surface area contributed by atoms with Gasteiger partial charge in [-0.05, 0) is 29.8 Å². The molecule has 0 saturated heterocycles. The van der Waals surface area contributed by atoms with Gasteiger partial charge in [0.2, 0.25) is 5.91 Å². The van der Waals surface area contributed by atoms with E-state index < -0.39 is 17.9 Å². The maximum Gasteiger partial charge on any atom is 0.335 e. The first kappa shape index (κ1) is 17.2. The van der Waals surface area contributed by atoms with E-state index in [4.69, 9.17) is 10.2 Å². The van der Waals surface area contributed by atoms with Gasteiger partial charge in [-0.15, -0.1) is 0 Å². The van der Waals surface area contributed by atoms with Gasteiger partial charge in [0.05, 0.1) is 12.0 Å². The molecule has 0 saturated carbocycles. The Labute approximate surface area is 138 Å². The van der Waals surface area contributed by atoms with Gasteiger partial charge in [-0.1, -0.05) is 30.3 Å². The van der Waals surface area contributed by atoms with Gasteiger partial charge < -0.3 is 15.5 Å². The third-order valence-corrected chi connectivity index (χ3v) is 3.54. The van der Waals surface area contributed by atoms with Crippen molar-refractivity contribution < 1.29 is 24.6 Å². The molecule has 124 valence electrons. The van der Waals surface area contributed by atoms with Crippen LogP contribution in [0.5, 0.6) is 0 Å². The van der Waals surface area contributed by atoms with Crippen LogP contribution in [0.1, 0.15) is 34.7 Å². The highest BCUT2D eigenvalue weighted by molar-refractivity contribution is 5.93. The molecular weight excluding hydrogens is 310 g/mol. The summed E-state index contributed by atoms with van der Waals surface area (Å²) in [7, 11) is 0. The molecule has 0 fully saturated rings. The molecule has 3 N–H and O–H groups in total. The van der Waals surface area contributed by atoms with Crippen LogP contribution >= 0.6 is 0 Å². The lowest BCUT2D eigenvalue weighted by Crippen LogP contribution is -2.17. The molecule has 1 atom stereocenters. The van der Waals surface area contributed by atoms with Crippen LogP contribution in [0.3, 0.4) is 0 Å². The minimum absolute atomic E-state index is 0.0248. The molecule has 0 aliphatic carbocycles. The summed E-state index contributed by atoms with van der Waals surface area (Å²) in [5, 5.41) is 20.5. The summed E-state index contributed by atoms with van der Waals surface area (Å²) in [6.45, 7) is 0. The van der Waals surface area contributed by atoms with Crippen LogP contribution in [0.25, 0.3) is 0 Å². The highest BCUT2D eigenvalue weighted by atomic mass is 16.4. The Morgan fingerprint density at radius 2 is 1.50 bits per heavy atom. The Morgan fingerprint density at radius 1 is 0.875 bits per heavy atom. The first-order valence-corrected chi connectivity index (χ1v) is 7.35. The Bertz CT molecular complexity index is 725. The van der Waals surface area contributed by atoms with Gasteiger partial charge in [0.25, 0.3) is 0 Å². The quantitative estimate of drug-likeness (QED) is 0.725. The molecule has 0 heterocycles. The number of hydrogen-bond acceptors (Lipinski definition) is 3. The zero-order valence-electron chi connectivity index (χ0n) is 12.8. The fraction of sp³-hybridized carbons (Fsp3) is 0.167. The summed E-state index contributed by atoms with van der Waals surface area (Å²) in [4.78, 5) is 34.0. The van der Waals surface area contributed by atoms with E-state index >= 15 is 0 Å². The van der Waals surface area contributed by atoms with Gasteiger partial charge in [-0.3, -0.25) is 9.59 Å². The number of carbonyl (C=O) groups excluding carboxylic acids is 1. The first-order chi connectivity index (χ1) is 11.5. The molecule has 2 rings (SSSR count). The van der Waals surface area contributed by atoms with E-state index in [0.29, 0.717) is 5.69 Å². The van der Waals surface area contributed by atoms with E-state index in [1.807, 2.05) is 6.07 Å². The third-order valence-electron chi connectivity index (χ3n) is 3.54. The topological polar surface area (TPSA) is 104 Å². The van der Waals surface area contributed by atoms with Gasteiger partial charge in [-0.25, -0.2) is 4.79 Å². The molecule has 0 aromatic heterocycles. The standard InChI is InChI=1S/C18H17NO5/c20-16(19-15-8-6-13(7-9-15)18(23)24)10-14(11-17(21)22)12-4-2-1-3-5-12/h1-9,14H,10-11H2,(H,19,20)(H,21,22)(H,23,24)/t14-/m1/s1. The Kier molecular flexibility index (Phi) is 5.68. The summed E-state index contributed by atoms with van der Waals surface area (Å²) in [6.07, 6.45) is -0.119. The molecule has 0 unspecified atom stereocenters. The highest BCUT2D eigenvalue weighted by Crippen LogP contribution is 2.24. The van der Waals surface area contributed by atoms with Crippen molar-refractivity contribution in [2.45, 2.75) is 18.8 Å². The number of aliphatic carboxylic acids is 1. The average Bonchev–Trinajstić information content (AvgIpc) is 2.55. The number of carbonyl (C=O) groups is 3. The second kappa shape index (κ2) is 7.92. The monoisotopic (exact) mass is 327 g/mol. The molecule has 1 amide bonds. The number of aromatic carboxylic acids is 1. The second-order valence-electron chi connectivity index (χ2n) is 5.34. The summed E-state index contributed by atoms with van der Waals surface area (Å²) >= 11 is 0. The maximum atomic E-state index is 12.2. The van der Waals surface area contributed by atoms with Crippen molar-refractivity contribution in [2.24, 2.45) is 0 Å². The van der Waals surface area contributed by atoms with E-state index in [9.17, 15) is 14.4 Å². The SMILES string of the molecule is O=C(O)C[C@@H](CC(=O)Nc1ccc(C(=O)O)cc1)c1ccccc1. The molecule has 0 aliphatic heterocycles. The van der Waals surface area contributed by atoms with Gasteiger partial charge in [0.1, 0.15) is 0 Å². The van der Waals surface area contributed by atoms with Crippen molar-refractivity contribution in [3.63, 3.8) is 0 Å². The number of hydrogen-bond donors (Lipinski definition) is 3. The Hall–Kier alpha value is -3.15. The molecule has 0 aliphatic rings. The Morgan fingerprint density at radius 3 is 2.04 bits per heavy atom. The number of anilines is 1. The molecule has 6 heteroatoms. The molecule has 0 spiro atoms. The van der Waals surface area contributed by atoms with Crippen LogP contribution in [-0.4, -0.2) is 28.1 Å². The van der Waals surface area contributed by atoms with Crippen molar-refractivity contribution >= 4 is 23.5 Å². The minimum Gasteiger partial charge on any atom is -0.481 e. The normalized spacial score (nSPS) is 11.5. The van der Waals surface area contributed by atoms with Gasteiger partial charge in [0, 0.05) is 18.0 Å². The fourth-order valence-electron chi connectivity index (χ4n) is 2.38. The largest absolute Gasteiger partial charge is 0.481 e. The first-order valence-electron chi connectivity index (χ1n) is 7.35. The Balaban J connectivity index is 2.04. The molecule has 0 bridgehead atoms. The van der Waals surface area contributed by atoms with E-state index in [2.05, 4.69) is 5.32 Å². The molecule has 6 nitrogen and oxygen atoms in total. The lowest BCUT2D eigenvalue weighted by Gasteiger charge is -2.15. The average molecular weight is 327 g/mol. The van der Waals surface area contributed by atoms with Crippen molar-refractivity contribution in [3.05, 3.63) is 65.7 Å². The van der Waals surface area contributed by atoms with Crippen molar-refractivity contribution in [3.8, 4) is 0 Å². The number of rotatable bonds is 7.